The molecule has 7 aromatic rings. The number of hydrogen-bond acceptors (Lipinski definition) is 2. The van der Waals surface area contributed by atoms with Gasteiger partial charge in [-0.05, 0) is 94.1 Å². The Morgan fingerprint density at radius 3 is 1.59 bits per heavy atom. The fourth-order valence-corrected chi connectivity index (χ4v) is 12.9. The second-order valence-corrected chi connectivity index (χ2v) is 15.8. The lowest BCUT2D eigenvalue weighted by Gasteiger charge is -2.50. The van der Waals surface area contributed by atoms with E-state index in [0.717, 1.165) is 11.4 Å². The van der Waals surface area contributed by atoms with Crippen LogP contribution >= 0.6 is 21.8 Å². The van der Waals surface area contributed by atoms with E-state index in [1.807, 2.05) is 11.8 Å². The summed E-state index contributed by atoms with van der Waals surface area (Å²) in [5, 5.41) is 0. The van der Waals surface area contributed by atoms with Gasteiger partial charge in [-0.15, -0.1) is 10.0 Å². The zero-order chi connectivity index (χ0) is 30.5. The summed E-state index contributed by atoms with van der Waals surface area (Å²) in [5.41, 5.74) is 7.75. The molecule has 0 spiro atoms. The molecule has 0 saturated carbocycles. The average Bonchev–Trinajstić information content (AvgIpc) is 3.13. The van der Waals surface area contributed by atoms with Crippen molar-refractivity contribution in [3.8, 4) is 0 Å². The predicted octanol–water partition coefficient (Wildman–Crippen LogP) is 9.79. The number of anilines is 3. The van der Waals surface area contributed by atoms with Crippen LogP contribution < -0.4 is 21.3 Å². The minimum absolute atomic E-state index is 0.169. The van der Waals surface area contributed by atoms with Crippen LogP contribution in [0.5, 0.6) is 0 Å². The standard InChI is InChI=1S/C42H30BNS2/c1-5-16-31(17-6-1)44(32-18-7-2-8-19-32)33-28-29-36-39(30-33)45-38-25-15-27-41-42(38)43(36)37-24-13-14-26-40(37)46(41,34-20-9-3-10-21-34)35-22-11-4-12-23-35/h1-30H. The maximum Gasteiger partial charge on any atom is 0.247 e. The molecule has 218 valence electrons. The molecule has 7 aromatic carbocycles. The van der Waals surface area contributed by atoms with Gasteiger partial charge < -0.3 is 4.90 Å². The minimum atomic E-state index is -1.72. The van der Waals surface area contributed by atoms with E-state index in [2.05, 4.69) is 187 Å². The number of hydrogen-bond donors (Lipinski definition) is 0. The van der Waals surface area contributed by atoms with Gasteiger partial charge in [-0.2, -0.15) is 0 Å². The third-order valence-electron chi connectivity index (χ3n) is 9.21. The number of fused-ring (bicyclic) bond motifs is 4. The summed E-state index contributed by atoms with van der Waals surface area (Å²) in [5.74, 6) is 0. The molecule has 4 heteroatoms. The second-order valence-electron chi connectivity index (χ2n) is 11.7. The Kier molecular flexibility index (Phi) is 6.66. The molecule has 0 aliphatic carbocycles. The summed E-state index contributed by atoms with van der Waals surface area (Å²) < 4.78 is 0. The van der Waals surface area contributed by atoms with Crippen LogP contribution in [0.15, 0.2) is 211 Å². The van der Waals surface area contributed by atoms with Crippen LogP contribution in [-0.2, 0) is 0 Å². The zero-order valence-corrected chi connectivity index (χ0v) is 26.8. The lowest BCUT2D eigenvalue weighted by atomic mass is 9.36. The maximum absolute atomic E-state index is 2.42. The van der Waals surface area contributed by atoms with Crippen molar-refractivity contribution < 1.29 is 0 Å². The SMILES string of the molecule is c1ccc(N(c2ccccc2)c2ccc3c(c2)Sc2cccc4c2B3c2ccccc2S4(c2ccccc2)c2ccccc2)cc1. The minimum Gasteiger partial charge on any atom is -0.310 e. The van der Waals surface area contributed by atoms with E-state index in [-0.39, 0.29) is 6.71 Å². The van der Waals surface area contributed by atoms with E-state index < -0.39 is 10.0 Å². The summed E-state index contributed by atoms with van der Waals surface area (Å²) in [7, 11) is -1.72. The first-order valence-electron chi connectivity index (χ1n) is 15.7. The topological polar surface area (TPSA) is 3.24 Å². The largest absolute Gasteiger partial charge is 0.310 e. The Labute approximate surface area is 277 Å². The second kappa shape index (κ2) is 11.2. The van der Waals surface area contributed by atoms with Crippen molar-refractivity contribution in [3.05, 3.63) is 182 Å². The highest BCUT2D eigenvalue weighted by Crippen LogP contribution is 2.74. The van der Waals surface area contributed by atoms with Crippen LogP contribution in [0.3, 0.4) is 0 Å². The van der Waals surface area contributed by atoms with E-state index in [1.165, 1.54) is 51.4 Å². The molecule has 0 N–H and O–H groups in total. The summed E-state index contributed by atoms with van der Waals surface area (Å²) in [6.07, 6.45) is 0. The third-order valence-corrected chi connectivity index (χ3v) is 14.4. The van der Waals surface area contributed by atoms with Crippen molar-refractivity contribution in [2.24, 2.45) is 0 Å². The van der Waals surface area contributed by atoms with E-state index >= 15 is 0 Å². The fraction of sp³-hybridized carbons (Fsp3) is 0. The first kappa shape index (κ1) is 27.4. The lowest BCUT2D eigenvalue weighted by molar-refractivity contribution is 1.22. The van der Waals surface area contributed by atoms with Crippen LogP contribution in [0, 0.1) is 0 Å². The Hall–Kier alpha value is -4.90. The Morgan fingerprint density at radius 1 is 0.413 bits per heavy atom. The molecule has 0 amide bonds. The molecule has 0 atom stereocenters. The Balaban J connectivity index is 1.29. The summed E-state index contributed by atoms with van der Waals surface area (Å²) in [6.45, 7) is 0.169. The van der Waals surface area contributed by atoms with Crippen LogP contribution in [0.4, 0.5) is 17.1 Å². The molecule has 0 bridgehead atoms. The van der Waals surface area contributed by atoms with Crippen molar-refractivity contribution in [3.63, 3.8) is 0 Å². The van der Waals surface area contributed by atoms with Gasteiger partial charge in [0.25, 0.3) is 0 Å². The van der Waals surface area contributed by atoms with E-state index in [1.54, 1.807) is 0 Å². The first-order chi connectivity index (χ1) is 22.8. The van der Waals surface area contributed by atoms with E-state index in [4.69, 9.17) is 0 Å². The molecular weight excluding hydrogens is 593 g/mol. The quantitative estimate of drug-likeness (QED) is 0.176. The van der Waals surface area contributed by atoms with Crippen molar-refractivity contribution in [2.75, 3.05) is 4.90 Å². The van der Waals surface area contributed by atoms with Crippen LogP contribution in [0.2, 0.25) is 0 Å². The van der Waals surface area contributed by atoms with Crippen molar-refractivity contribution in [1.82, 2.24) is 0 Å². The molecule has 0 unspecified atom stereocenters. The van der Waals surface area contributed by atoms with Gasteiger partial charge in [0.15, 0.2) is 0 Å². The maximum atomic E-state index is 2.42. The fourth-order valence-electron chi connectivity index (χ4n) is 7.36. The van der Waals surface area contributed by atoms with Gasteiger partial charge in [0.05, 0.1) is 0 Å². The highest BCUT2D eigenvalue weighted by molar-refractivity contribution is 8.34. The number of rotatable bonds is 5. The molecule has 2 aliphatic rings. The third kappa shape index (κ3) is 4.14. The highest BCUT2D eigenvalue weighted by Gasteiger charge is 2.47. The number of benzene rings is 7. The molecular formula is C42H30BNS2. The van der Waals surface area contributed by atoms with Crippen molar-refractivity contribution in [2.45, 2.75) is 29.4 Å². The average molecular weight is 624 g/mol. The van der Waals surface area contributed by atoms with Gasteiger partial charge in [0.1, 0.15) is 0 Å². The zero-order valence-electron chi connectivity index (χ0n) is 25.2. The van der Waals surface area contributed by atoms with Gasteiger partial charge in [0, 0.05) is 36.6 Å². The molecule has 46 heavy (non-hydrogen) atoms. The van der Waals surface area contributed by atoms with E-state index in [0.29, 0.717) is 0 Å². The van der Waals surface area contributed by atoms with Gasteiger partial charge in [0.2, 0.25) is 6.71 Å². The van der Waals surface area contributed by atoms with Gasteiger partial charge in [-0.25, -0.2) is 0 Å². The van der Waals surface area contributed by atoms with Gasteiger partial charge in [-0.1, -0.05) is 126 Å². The van der Waals surface area contributed by atoms with Crippen LogP contribution in [0.1, 0.15) is 0 Å². The normalized spacial score (nSPS) is 14.4. The summed E-state index contributed by atoms with van der Waals surface area (Å²) in [4.78, 5) is 10.7. The van der Waals surface area contributed by atoms with Gasteiger partial charge in [-0.3, -0.25) is 0 Å². The number of para-hydroxylation sites is 2. The monoisotopic (exact) mass is 623 g/mol. The van der Waals surface area contributed by atoms with E-state index in [9.17, 15) is 0 Å². The molecule has 0 saturated heterocycles. The number of nitrogens with zero attached hydrogens (tertiary/aromatic N) is 1. The van der Waals surface area contributed by atoms with Crippen LogP contribution in [0.25, 0.3) is 0 Å². The van der Waals surface area contributed by atoms with Crippen LogP contribution in [-0.4, -0.2) is 6.71 Å². The summed E-state index contributed by atoms with van der Waals surface area (Å²) >= 11 is 1.92. The predicted molar refractivity (Wildman–Crippen MR) is 196 cm³/mol. The molecule has 9 rings (SSSR count). The lowest BCUT2D eigenvalue weighted by Crippen LogP contribution is -2.59. The summed E-state index contributed by atoms with van der Waals surface area (Å²) in [6, 6.07) is 67.3. The molecule has 1 nitrogen and oxygen atoms in total. The molecule has 0 fully saturated rings. The molecule has 2 heterocycles. The first-order valence-corrected chi connectivity index (χ1v) is 18.2. The molecule has 0 aromatic heterocycles. The Bertz CT molecular complexity index is 2110. The van der Waals surface area contributed by atoms with Gasteiger partial charge >= 0.3 is 0 Å². The molecule has 2 aliphatic heterocycles. The van der Waals surface area contributed by atoms with Crippen molar-refractivity contribution in [1.29, 1.82) is 0 Å². The van der Waals surface area contributed by atoms with Crippen molar-refractivity contribution >= 4 is 62.0 Å². The molecule has 0 radical (unpaired) electrons. The Morgan fingerprint density at radius 2 is 0.957 bits per heavy atom. The highest BCUT2D eigenvalue weighted by atomic mass is 32.3. The smallest absolute Gasteiger partial charge is 0.247 e.